The summed E-state index contributed by atoms with van der Waals surface area (Å²) in [5.74, 6) is -2.03. The topological polar surface area (TPSA) is 138 Å². The monoisotopic (exact) mass is 664 g/mol. The molecule has 5 rings (SSSR count). The first-order valence-electron chi connectivity index (χ1n) is 17.2. The fraction of sp³-hybridized carbons (Fsp3) is 0.600. The molecule has 1 atom stereocenters. The lowest BCUT2D eigenvalue weighted by Crippen LogP contribution is -2.50. The smallest absolute Gasteiger partial charge is 0.410 e. The first-order valence-corrected chi connectivity index (χ1v) is 17.2. The van der Waals surface area contributed by atoms with Gasteiger partial charge < -0.3 is 28.7 Å². The molecule has 0 bridgehead atoms. The lowest BCUT2D eigenvalue weighted by Gasteiger charge is -2.36. The predicted octanol–water partition coefficient (Wildman–Crippen LogP) is 5.63. The number of fused-ring (bicyclic) bond motifs is 1. The summed E-state index contributed by atoms with van der Waals surface area (Å²) in [5.41, 5.74) is 1.60. The van der Waals surface area contributed by atoms with Gasteiger partial charge >= 0.3 is 18.0 Å². The van der Waals surface area contributed by atoms with Crippen molar-refractivity contribution < 1.29 is 33.3 Å². The van der Waals surface area contributed by atoms with Crippen LogP contribution >= 0.6 is 0 Å². The van der Waals surface area contributed by atoms with Gasteiger partial charge in [0.25, 0.3) is 0 Å². The summed E-state index contributed by atoms with van der Waals surface area (Å²) < 4.78 is 24.2. The van der Waals surface area contributed by atoms with E-state index < -0.39 is 23.5 Å². The molecule has 5 heterocycles. The lowest BCUT2D eigenvalue weighted by molar-refractivity contribution is -0.157. The van der Waals surface area contributed by atoms with Crippen molar-refractivity contribution in [2.24, 2.45) is 0 Å². The number of pyridine rings is 2. The lowest BCUT2D eigenvalue weighted by atomic mass is 10.0. The number of carbonyl (C=O) groups excluding carboxylic acids is 3. The summed E-state index contributed by atoms with van der Waals surface area (Å²) in [6.07, 6.45) is 6.72. The zero-order chi connectivity index (χ0) is 34.3. The highest BCUT2D eigenvalue weighted by molar-refractivity contribution is 6.02. The van der Waals surface area contributed by atoms with Gasteiger partial charge in [-0.05, 0) is 78.0 Å². The number of hydrogen-bond acceptors (Lipinski definition) is 11. The van der Waals surface area contributed by atoms with Crippen molar-refractivity contribution in [2.45, 2.75) is 90.9 Å². The number of carbonyl (C=O) groups is 3. The van der Waals surface area contributed by atoms with Crippen molar-refractivity contribution >= 4 is 34.8 Å². The number of anilines is 1. The molecule has 260 valence electrons. The molecule has 48 heavy (non-hydrogen) atoms. The zero-order valence-electron chi connectivity index (χ0n) is 28.8. The summed E-state index contributed by atoms with van der Waals surface area (Å²) in [6, 6.07) is 7.46. The molecule has 3 aromatic heterocycles. The van der Waals surface area contributed by atoms with Gasteiger partial charge in [-0.3, -0.25) is 14.6 Å². The van der Waals surface area contributed by atoms with E-state index in [4.69, 9.17) is 29.0 Å². The summed E-state index contributed by atoms with van der Waals surface area (Å²) >= 11 is 0. The van der Waals surface area contributed by atoms with Crippen LogP contribution in [0, 0.1) is 0 Å². The third-order valence-electron chi connectivity index (χ3n) is 8.72. The van der Waals surface area contributed by atoms with E-state index in [1.807, 2.05) is 36.7 Å². The Morgan fingerprint density at radius 1 is 1.02 bits per heavy atom. The summed E-state index contributed by atoms with van der Waals surface area (Å²) in [6.45, 7) is 12.5. The van der Waals surface area contributed by atoms with Gasteiger partial charge in [-0.1, -0.05) is 19.4 Å². The minimum Gasteiger partial charge on any atom is -0.465 e. The van der Waals surface area contributed by atoms with Gasteiger partial charge in [0, 0.05) is 38.2 Å². The standard InChI is InChI=1S/C35H48N6O7/c1-6-9-16-35(4,5)48-34(44)40-19-17-39(18-20-40)28-14-12-13-25(37-28)31-24-22-26(30(32(42)45-7-2)33(43)46-8-3)36-23-27(24)41(38-31)29-15-10-11-21-47-29/h12-14,22-23,29-30H,6-11,15-21H2,1-5H3. The minimum absolute atomic E-state index is 0.113. The summed E-state index contributed by atoms with van der Waals surface area (Å²) in [4.78, 5) is 52.3. The van der Waals surface area contributed by atoms with E-state index in [9.17, 15) is 14.4 Å². The van der Waals surface area contributed by atoms with Crippen LogP contribution in [0.3, 0.4) is 0 Å². The molecule has 0 aliphatic carbocycles. The Balaban J connectivity index is 1.44. The average Bonchev–Trinajstić information content (AvgIpc) is 3.47. The van der Waals surface area contributed by atoms with Crippen LogP contribution < -0.4 is 4.90 Å². The molecule has 0 saturated carbocycles. The first-order chi connectivity index (χ1) is 23.2. The fourth-order valence-corrected chi connectivity index (χ4v) is 6.13. The van der Waals surface area contributed by atoms with Crippen LogP contribution in [-0.2, 0) is 28.5 Å². The van der Waals surface area contributed by atoms with Gasteiger partial charge in [0.05, 0.1) is 36.3 Å². The van der Waals surface area contributed by atoms with Gasteiger partial charge in [-0.15, -0.1) is 0 Å². The van der Waals surface area contributed by atoms with Crippen molar-refractivity contribution in [1.29, 1.82) is 0 Å². The van der Waals surface area contributed by atoms with Crippen molar-refractivity contribution in [3.05, 3.63) is 36.2 Å². The highest BCUT2D eigenvalue weighted by Crippen LogP contribution is 2.34. The molecule has 1 unspecified atom stereocenters. The van der Waals surface area contributed by atoms with E-state index in [-0.39, 0.29) is 31.2 Å². The second kappa shape index (κ2) is 15.8. The number of ether oxygens (including phenoxy) is 4. The van der Waals surface area contributed by atoms with Crippen LogP contribution in [0.4, 0.5) is 10.6 Å². The minimum atomic E-state index is -1.34. The van der Waals surface area contributed by atoms with Gasteiger partial charge in [-0.25, -0.2) is 14.5 Å². The Morgan fingerprint density at radius 2 is 1.75 bits per heavy atom. The molecule has 0 radical (unpaired) electrons. The third-order valence-corrected chi connectivity index (χ3v) is 8.72. The quantitative estimate of drug-likeness (QED) is 0.135. The predicted molar refractivity (Wildman–Crippen MR) is 179 cm³/mol. The Bertz CT molecular complexity index is 1560. The fourth-order valence-electron chi connectivity index (χ4n) is 6.13. The van der Waals surface area contributed by atoms with Gasteiger partial charge in [-0.2, -0.15) is 5.10 Å². The SMILES string of the molecule is CCCCC(C)(C)OC(=O)N1CCN(c2cccc(-c3nn(C4CCCCO4)c4cnc(C(C(=O)OCC)C(=O)OCC)cc34)n2)CC1. The number of esters is 2. The second-order valence-corrected chi connectivity index (χ2v) is 12.8. The first kappa shape index (κ1) is 35.1. The Labute approximate surface area is 281 Å². The van der Waals surface area contributed by atoms with Crippen LogP contribution in [0.15, 0.2) is 30.5 Å². The van der Waals surface area contributed by atoms with Crippen LogP contribution in [0.1, 0.15) is 91.0 Å². The molecule has 3 aromatic rings. The average molecular weight is 665 g/mol. The van der Waals surface area contributed by atoms with Crippen molar-refractivity contribution in [1.82, 2.24) is 24.6 Å². The van der Waals surface area contributed by atoms with E-state index in [1.54, 1.807) is 31.0 Å². The van der Waals surface area contributed by atoms with Crippen molar-refractivity contribution in [2.75, 3.05) is 50.9 Å². The Kier molecular flexibility index (Phi) is 11.5. The van der Waals surface area contributed by atoms with Crippen molar-refractivity contribution in [3.63, 3.8) is 0 Å². The molecule has 2 aliphatic heterocycles. The molecular weight excluding hydrogens is 616 g/mol. The van der Waals surface area contributed by atoms with E-state index in [2.05, 4.69) is 16.8 Å². The van der Waals surface area contributed by atoms with Gasteiger partial charge in [0.15, 0.2) is 12.1 Å². The summed E-state index contributed by atoms with van der Waals surface area (Å²) in [5, 5.41) is 5.67. The van der Waals surface area contributed by atoms with Crippen LogP contribution in [0.2, 0.25) is 0 Å². The van der Waals surface area contributed by atoms with Crippen LogP contribution in [-0.4, -0.2) is 94.3 Å². The van der Waals surface area contributed by atoms with Crippen LogP contribution in [0.5, 0.6) is 0 Å². The number of aromatic nitrogens is 4. The Hall–Kier alpha value is -4.26. The molecule has 0 N–H and O–H groups in total. The highest BCUT2D eigenvalue weighted by atomic mass is 16.6. The zero-order valence-corrected chi connectivity index (χ0v) is 28.8. The van der Waals surface area contributed by atoms with Crippen LogP contribution in [0.25, 0.3) is 22.3 Å². The largest absolute Gasteiger partial charge is 0.465 e. The number of unbranched alkanes of at least 4 members (excludes halogenated alkanes) is 1. The molecule has 0 aromatic carbocycles. The second-order valence-electron chi connectivity index (χ2n) is 12.8. The van der Waals surface area contributed by atoms with E-state index >= 15 is 0 Å². The van der Waals surface area contributed by atoms with Gasteiger partial charge in [0.1, 0.15) is 17.1 Å². The molecule has 0 spiro atoms. The normalized spacial score (nSPS) is 17.1. The number of piperazine rings is 1. The molecule has 2 fully saturated rings. The molecule has 13 heteroatoms. The molecule has 2 saturated heterocycles. The Morgan fingerprint density at radius 3 is 2.40 bits per heavy atom. The number of hydrogen-bond donors (Lipinski definition) is 0. The molecular formula is C35H48N6O7. The van der Waals surface area contributed by atoms with E-state index in [0.717, 1.165) is 44.3 Å². The number of rotatable bonds is 12. The molecule has 2 aliphatic rings. The van der Waals surface area contributed by atoms with Gasteiger partial charge in [0.2, 0.25) is 0 Å². The maximum Gasteiger partial charge on any atom is 0.410 e. The summed E-state index contributed by atoms with van der Waals surface area (Å²) in [7, 11) is 0. The highest BCUT2D eigenvalue weighted by Gasteiger charge is 2.34. The number of nitrogens with zero attached hydrogens (tertiary/aromatic N) is 6. The number of amides is 1. The van der Waals surface area contributed by atoms with E-state index in [0.29, 0.717) is 55.1 Å². The molecule has 1 amide bonds. The maximum absolute atomic E-state index is 12.9. The maximum atomic E-state index is 12.9. The van der Waals surface area contributed by atoms with Crippen molar-refractivity contribution in [3.8, 4) is 11.4 Å². The van der Waals surface area contributed by atoms with E-state index in [1.165, 1.54) is 0 Å². The molecule has 13 nitrogen and oxygen atoms in total. The third kappa shape index (κ3) is 8.05.